The van der Waals surface area contributed by atoms with Crippen molar-refractivity contribution in [3.8, 4) is 22.3 Å². The molecule has 2 aromatic heterocycles. The van der Waals surface area contributed by atoms with E-state index in [2.05, 4.69) is 102 Å². The predicted molar refractivity (Wildman–Crippen MR) is 134 cm³/mol. The van der Waals surface area contributed by atoms with Crippen LogP contribution in [0.1, 0.15) is 0 Å². The molecule has 32 heavy (non-hydrogen) atoms. The average Bonchev–Trinajstić information content (AvgIpc) is 3.43. The fourth-order valence-corrected chi connectivity index (χ4v) is 4.89. The molecule has 2 nitrogen and oxygen atoms in total. The largest absolute Gasteiger partial charge is 0.454 e. The second-order valence-corrected chi connectivity index (χ2v) is 8.27. The van der Waals surface area contributed by atoms with E-state index in [9.17, 15) is 0 Å². The van der Waals surface area contributed by atoms with Gasteiger partial charge in [-0.1, -0.05) is 84.9 Å². The lowest BCUT2D eigenvalue weighted by Gasteiger charge is -2.09. The minimum absolute atomic E-state index is 0.917. The molecule has 0 saturated heterocycles. The van der Waals surface area contributed by atoms with Crippen molar-refractivity contribution in [3.05, 3.63) is 109 Å². The summed E-state index contributed by atoms with van der Waals surface area (Å²) in [7, 11) is 0. The number of aromatic nitrogens is 1. The zero-order valence-corrected chi connectivity index (χ0v) is 17.3. The Labute approximate surface area is 184 Å². The van der Waals surface area contributed by atoms with E-state index in [1.807, 2.05) is 12.1 Å². The monoisotopic (exact) mass is 409 g/mol. The third-order valence-electron chi connectivity index (χ3n) is 6.42. The molecule has 5 aromatic carbocycles. The molecule has 0 atom stereocenters. The van der Waals surface area contributed by atoms with Crippen LogP contribution in [-0.2, 0) is 0 Å². The molecular weight excluding hydrogens is 390 g/mol. The summed E-state index contributed by atoms with van der Waals surface area (Å²) < 4.78 is 6.32. The number of para-hydroxylation sites is 1. The Balaban J connectivity index is 1.63. The molecule has 150 valence electrons. The topological polar surface area (TPSA) is 28.9 Å². The van der Waals surface area contributed by atoms with Crippen LogP contribution in [-0.4, -0.2) is 4.98 Å². The van der Waals surface area contributed by atoms with Crippen LogP contribution in [0, 0.1) is 0 Å². The van der Waals surface area contributed by atoms with Crippen molar-refractivity contribution < 1.29 is 4.42 Å². The fraction of sp³-hybridized carbons (Fsp3) is 0. The van der Waals surface area contributed by atoms with E-state index < -0.39 is 0 Å². The van der Waals surface area contributed by atoms with Crippen LogP contribution in [0.25, 0.3) is 66.0 Å². The summed E-state index contributed by atoms with van der Waals surface area (Å²) in [4.78, 5) is 3.73. The number of nitrogens with one attached hydrogen (secondary N) is 1. The van der Waals surface area contributed by atoms with Gasteiger partial charge in [0.1, 0.15) is 5.58 Å². The van der Waals surface area contributed by atoms with Gasteiger partial charge in [-0.05, 0) is 41.0 Å². The van der Waals surface area contributed by atoms with E-state index in [4.69, 9.17) is 4.42 Å². The van der Waals surface area contributed by atoms with Crippen molar-refractivity contribution in [2.45, 2.75) is 0 Å². The molecule has 1 N–H and O–H groups in total. The van der Waals surface area contributed by atoms with Crippen molar-refractivity contribution >= 4 is 43.7 Å². The molecule has 0 amide bonds. The van der Waals surface area contributed by atoms with Crippen LogP contribution in [0.3, 0.4) is 0 Å². The Morgan fingerprint density at radius 2 is 1.16 bits per heavy atom. The van der Waals surface area contributed by atoms with E-state index in [-0.39, 0.29) is 0 Å². The van der Waals surface area contributed by atoms with E-state index >= 15 is 0 Å². The maximum atomic E-state index is 6.32. The molecule has 2 heteroatoms. The molecule has 0 fully saturated rings. The van der Waals surface area contributed by atoms with E-state index in [1.54, 1.807) is 0 Å². The number of fused-ring (bicyclic) bond motifs is 7. The molecule has 7 aromatic rings. The van der Waals surface area contributed by atoms with Gasteiger partial charge in [0, 0.05) is 27.1 Å². The highest BCUT2D eigenvalue weighted by molar-refractivity contribution is 6.22. The average molecular weight is 409 g/mol. The lowest BCUT2D eigenvalue weighted by Crippen LogP contribution is -1.84. The summed E-state index contributed by atoms with van der Waals surface area (Å²) in [6.45, 7) is 0. The third kappa shape index (κ3) is 2.47. The highest BCUT2D eigenvalue weighted by Crippen LogP contribution is 2.41. The van der Waals surface area contributed by atoms with Crippen LogP contribution in [0.5, 0.6) is 0 Å². The molecule has 0 radical (unpaired) electrons. The normalized spacial score (nSPS) is 11.8. The van der Waals surface area contributed by atoms with Gasteiger partial charge < -0.3 is 9.40 Å². The minimum Gasteiger partial charge on any atom is -0.454 e. The first-order valence-electron chi connectivity index (χ1n) is 10.9. The van der Waals surface area contributed by atoms with Gasteiger partial charge in [-0.2, -0.15) is 0 Å². The van der Waals surface area contributed by atoms with Crippen LogP contribution in [0.4, 0.5) is 0 Å². The summed E-state index contributed by atoms with van der Waals surface area (Å²) >= 11 is 0. The summed E-state index contributed by atoms with van der Waals surface area (Å²) in [6.07, 6.45) is 0. The summed E-state index contributed by atoms with van der Waals surface area (Å²) in [6, 6.07) is 38.4. The van der Waals surface area contributed by atoms with Gasteiger partial charge in [0.15, 0.2) is 5.58 Å². The first-order chi connectivity index (χ1) is 15.9. The molecule has 0 aliphatic heterocycles. The Hall–Kier alpha value is -4.30. The maximum absolute atomic E-state index is 6.32. The van der Waals surface area contributed by atoms with Crippen molar-refractivity contribution in [3.63, 3.8) is 0 Å². The van der Waals surface area contributed by atoms with Crippen LogP contribution < -0.4 is 0 Å². The molecular formula is C30H19NO. The number of hydrogen-bond acceptors (Lipinski definition) is 1. The molecule has 2 heterocycles. The zero-order valence-electron chi connectivity index (χ0n) is 17.3. The van der Waals surface area contributed by atoms with Gasteiger partial charge in [-0.25, -0.2) is 0 Å². The fourth-order valence-electron chi connectivity index (χ4n) is 4.89. The standard InChI is InChI=1S/C30H19NO/c1-3-9-19(10-4-1)21-17-25(20-11-5-2-6-12-20)28-26(18-21)23-15-16-24-22-13-7-8-14-27(22)32-30(24)29(23)31-28/h1-18,31H. The highest BCUT2D eigenvalue weighted by atomic mass is 16.3. The summed E-state index contributed by atoms with van der Waals surface area (Å²) in [5, 5.41) is 4.68. The Bertz CT molecular complexity index is 1760. The van der Waals surface area contributed by atoms with Crippen molar-refractivity contribution in [1.29, 1.82) is 0 Å². The van der Waals surface area contributed by atoms with E-state index in [1.165, 1.54) is 33.0 Å². The third-order valence-corrected chi connectivity index (χ3v) is 6.42. The minimum atomic E-state index is 0.917. The molecule has 0 aliphatic rings. The molecule has 0 unspecified atom stereocenters. The van der Waals surface area contributed by atoms with Crippen LogP contribution in [0.2, 0.25) is 0 Å². The van der Waals surface area contributed by atoms with Gasteiger partial charge in [0.2, 0.25) is 0 Å². The second-order valence-electron chi connectivity index (χ2n) is 8.27. The summed E-state index contributed by atoms with van der Waals surface area (Å²) in [5.74, 6) is 0. The Morgan fingerprint density at radius 1 is 0.469 bits per heavy atom. The number of rotatable bonds is 2. The van der Waals surface area contributed by atoms with E-state index in [0.29, 0.717) is 0 Å². The highest BCUT2D eigenvalue weighted by Gasteiger charge is 2.17. The lowest BCUT2D eigenvalue weighted by atomic mass is 9.95. The molecule has 0 saturated carbocycles. The number of H-pyrrole nitrogens is 1. The molecule has 0 aliphatic carbocycles. The molecule has 0 bridgehead atoms. The van der Waals surface area contributed by atoms with Crippen molar-refractivity contribution in [2.75, 3.05) is 0 Å². The summed E-state index contributed by atoms with van der Waals surface area (Å²) in [5.41, 5.74) is 8.84. The van der Waals surface area contributed by atoms with Gasteiger partial charge in [-0.15, -0.1) is 0 Å². The number of furan rings is 1. The van der Waals surface area contributed by atoms with E-state index in [0.717, 1.165) is 33.0 Å². The first kappa shape index (κ1) is 17.4. The Kier molecular flexibility index (Phi) is 3.58. The smallest absolute Gasteiger partial charge is 0.159 e. The van der Waals surface area contributed by atoms with Crippen LogP contribution >= 0.6 is 0 Å². The van der Waals surface area contributed by atoms with Crippen LogP contribution in [0.15, 0.2) is 114 Å². The molecule has 0 spiro atoms. The van der Waals surface area contributed by atoms with Crippen molar-refractivity contribution in [1.82, 2.24) is 4.98 Å². The predicted octanol–water partition coefficient (Wildman–Crippen LogP) is 8.55. The number of aromatic amines is 1. The van der Waals surface area contributed by atoms with Gasteiger partial charge in [-0.3, -0.25) is 0 Å². The number of benzene rings is 5. The van der Waals surface area contributed by atoms with Gasteiger partial charge in [0.05, 0.1) is 11.0 Å². The van der Waals surface area contributed by atoms with Gasteiger partial charge in [0.25, 0.3) is 0 Å². The SMILES string of the molecule is c1ccc(-c2cc(-c3ccccc3)c3[nH]c4c(ccc5c6ccccc6oc54)c3c2)cc1. The lowest BCUT2D eigenvalue weighted by molar-refractivity contribution is 0.672. The molecule has 7 rings (SSSR count). The second kappa shape index (κ2) is 6.60. The maximum Gasteiger partial charge on any atom is 0.159 e. The number of hydrogen-bond donors (Lipinski definition) is 1. The first-order valence-corrected chi connectivity index (χ1v) is 10.9. The van der Waals surface area contributed by atoms with Crippen molar-refractivity contribution in [2.24, 2.45) is 0 Å². The van der Waals surface area contributed by atoms with Gasteiger partial charge >= 0.3 is 0 Å². The Morgan fingerprint density at radius 3 is 1.97 bits per heavy atom. The zero-order chi connectivity index (χ0) is 21.1. The quantitative estimate of drug-likeness (QED) is 0.304.